The van der Waals surface area contributed by atoms with Crippen molar-refractivity contribution in [1.82, 2.24) is 25.0 Å². The second kappa shape index (κ2) is 7.18. The summed E-state index contributed by atoms with van der Waals surface area (Å²) in [7, 11) is 0. The molecule has 1 fully saturated rings. The van der Waals surface area contributed by atoms with Crippen LogP contribution in [0.1, 0.15) is 46.4 Å². The number of aryl methyl sites for hydroxylation is 1. The van der Waals surface area contributed by atoms with E-state index in [-0.39, 0.29) is 0 Å². The van der Waals surface area contributed by atoms with Crippen molar-refractivity contribution in [3.8, 4) is 0 Å². The SMILES string of the molecule is CCC1CN(Cc2ncnn2CC)C(C(C)CC)CN1. The van der Waals surface area contributed by atoms with Gasteiger partial charge in [0.1, 0.15) is 12.2 Å². The standard InChI is InChI=1S/C15H29N5/c1-5-12(4)14-8-16-13(6-2)9-19(14)10-15-17-11-18-20(15)7-3/h11-14,16H,5-10H2,1-4H3. The summed E-state index contributed by atoms with van der Waals surface area (Å²) in [5.74, 6) is 1.80. The Labute approximate surface area is 122 Å². The summed E-state index contributed by atoms with van der Waals surface area (Å²) >= 11 is 0. The summed E-state index contributed by atoms with van der Waals surface area (Å²) in [5.41, 5.74) is 0. The van der Waals surface area contributed by atoms with Crippen molar-refractivity contribution in [2.45, 2.75) is 65.7 Å². The van der Waals surface area contributed by atoms with Crippen LogP contribution in [0.25, 0.3) is 0 Å². The van der Waals surface area contributed by atoms with Gasteiger partial charge in [-0.3, -0.25) is 4.90 Å². The zero-order valence-corrected chi connectivity index (χ0v) is 13.3. The molecule has 0 bridgehead atoms. The Kier molecular flexibility index (Phi) is 5.54. The van der Waals surface area contributed by atoms with E-state index < -0.39 is 0 Å². The minimum Gasteiger partial charge on any atom is -0.311 e. The first-order chi connectivity index (χ1) is 9.69. The maximum absolute atomic E-state index is 4.44. The average Bonchev–Trinajstić information content (AvgIpc) is 2.93. The Morgan fingerprint density at radius 3 is 2.85 bits per heavy atom. The molecule has 0 aliphatic carbocycles. The second-order valence-corrected chi connectivity index (χ2v) is 5.89. The summed E-state index contributed by atoms with van der Waals surface area (Å²) in [6, 6.07) is 1.21. The minimum atomic E-state index is 0.602. The fourth-order valence-electron chi connectivity index (χ4n) is 3.04. The van der Waals surface area contributed by atoms with Crippen LogP contribution in [0.2, 0.25) is 0 Å². The molecule has 114 valence electrons. The Balaban J connectivity index is 2.10. The predicted molar refractivity (Wildman–Crippen MR) is 81.4 cm³/mol. The van der Waals surface area contributed by atoms with Gasteiger partial charge in [0.25, 0.3) is 0 Å². The highest BCUT2D eigenvalue weighted by Gasteiger charge is 2.30. The van der Waals surface area contributed by atoms with E-state index in [9.17, 15) is 0 Å². The summed E-state index contributed by atoms with van der Waals surface area (Å²) in [4.78, 5) is 7.05. The Hall–Kier alpha value is -0.940. The summed E-state index contributed by atoms with van der Waals surface area (Å²) in [5, 5.41) is 7.98. The molecule has 3 atom stereocenters. The third-order valence-corrected chi connectivity index (χ3v) is 4.67. The molecule has 2 heterocycles. The maximum Gasteiger partial charge on any atom is 0.141 e. The summed E-state index contributed by atoms with van der Waals surface area (Å²) in [6.07, 6.45) is 4.08. The van der Waals surface area contributed by atoms with Gasteiger partial charge in [-0.25, -0.2) is 9.67 Å². The smallest absolute Gasteiger partial charge is 0.141 e. The van der Waals surface area contributed by atoms with E-state index in [4.69, 9.17) is 0 Å². The van der Waals surface area contributed by atoms with Crippen molar-refractivity contribution >= 4 is 0 Å². The highest BCUT2D eigenvalue weighted by Crippen LogP contribution is 2.20. The van der Waals surface area contributed by atoms with Gasteiger partial charge in [-0.15, -0.1) is 0 Å². The Morgan fingerprint density at radius 2 is 2.20 bits per heavy atom. The highest BCUT2D eigenvalue weighted by molar-refractivity contribution is 4.93. The van der Waals surface area contributed by atoms with Gasteiger partial charge in [0.05, 0.1) is 6.54 Å². The lowest BCUT2D eigenvalue weighted by Crippen LogP contribution is -2.58. The van der Waals surface area contributed by atoms with Crippen LogP contribution in [-0.4, -0.2) is 44.8 Å². The molecule has 3 unspecified atom stereocenters. The third kappa shape index (κ3) is 3.38. The largest absolute Gasteiger partial charge is 0.311 e. The van der Waals surface area contributed by atoms with E-state index in [0.717, 1.165) is 32.0 Å². The lowest BCUT2D eigenvalue weighted by Gasteiger charge is -2.42. The van der Waals surface area contributed by atoms with E-state index >= 15 is 0 Å². The van der Waals surface area contributed by atoms with E-state index in [1.807, 2.05) is 4.68 Å². The molecule has 1 N–H and O–H groups in total. The number of nitrogens with zero attached hydrogens (tertiary/aromatic N) is 4. The molecule has 5 nitrogen and oxygen atoms in total. The topological polar surface area (TPSA) is 46.0 Å². The highest BCUT2D eigenvalue weighted by atomic mass is 15.4. The number of nitrogens with one attached hydrogen (secondary N) is 1. The van der Waals surface area contributed by atoms with Crippen LogP contribution in [0.3, 0.4) is 0 Å². The number of piperazine rings is 1. The molecule has 0 saturated carbocycles. The number of rotatable bonds is 6. The van der Waals surface area contributed by atoms with Crippen LogP contribution < -0.4 is 5.32 Å². The van der Waals surface area contributed by atoms with Crippen LogP contribution in [0, 0.1) is 5.92 Å². The first kappa shape index (κ1) is 15.4. The molecular formula is C15H29N5. The second-order valence-electron chi connectivity index (χ2n) is 5.89. The first-order valence-corrected chi connectivity index (χ1v) is 8.03. The molecule has 1 saturated heterocycles. The lowest BCUT2D eigenvalue weighted by atomic mass is 9.94. The minimum absolute atomic E-state index is 0.602. The molecule has 0 spiro atoms. The van der Waals surface area contributed by atoms with E-state index in [1.54, 1.807) is 6.33 Å². The quantitative estimate of drug-likeness (QED) is 0.864. The molecule has 0 amide bonds. The number of hydrogen-bond donors (Lipinski definition) is 1. The van der Waals surface area contributed by atoms with Crippen molar-refractivity contribution in [1.29, 1.82) is 0 Å². The van der Waals surface area contributed by atoms with Crippen LogP contribution in [0.5, 0.6) is 0 Å². The molecule has 1 aromatic rings. The van der Waals surface area contributed by atoms with Crippen molar-refractivity contribution < 1.29 is 0 Å². The van der Waals surface area contributed by atoms with Gasteiger partial charge >= 0.3 is 0 Å². The molecular weight excluding hydrogens is 250 g/mol. The van der Waals surface area contributed by atoms with Crippen LogP contribution in [0.15, 0.2) is 6.33 Å². The van der Waals surface area contributed by atoms with Gasteiger partial charge in [-0.2, -0.15) is 5.10 Å². The molecule has 2 rings (SSSR count). The van der Waals surface area contributed by atoms with Crippen molar-refractivity contribution in [2.75, 3.05) is 13.1 Å². The zero-order chi connectivity index (χ0) is 14.5. The van der Waals surface area contributed by atoms with Gasteiger partial charge in [0, 0.05) is 31.7 Å². The van der Waals surface area contributed by atoms with Crippen molar-refractivity contribution in [3.05, 3.63) is 12.2 Å². The Bertz CT molecular complexity index is 403. The van der Waals surface area contributed by atoms with E-state index in [0.29, 0.717) is 18.0 Å². The van der Waals surface area contributed by atoms with Crippen molar-refractivity contribution in [3.63, 3.8) is 0 Å². The van der Waals surface area contributed by atoms with Gasteiger partial charge < -0.3 is 5.32 Å². The van der Waals surface area contributed by atoms with Crippen LogP contribution in [-0.2, 0) is 13.1 Å². The average molecular weight is 279 g/mol. The van der Waals surface area contributed by atoms with E-state index in [2.05, 4.69) is 48.0 Å². The lowest BCUT2D eigenvalue weighted by molar-refractivity contribution is 0.0794. The molecule has 1 aromatic heterocycles. The zero-order valence-electron chi connectivity index (χ0n) is 13.3. The molecule has 5 heteroatoms. The fourth-order valence-corrected chi connectivity index (χ4v) is 3.04. The van der Waals surface area contributed by atoms with Gasteiger partial charge in [0.2, 0.25) is 0 Å². The van der Waals surface area contributed by atoms with Gasteiger partial charge in [-0.05, 0) is 19.3 Å². The van der Waals surface area contributed by atoms with Crippen molar-refractivity contribution in [2.24, 2.45) is 5.92 Å². The van der Waals surface area contributed by atoms with E-state index in [1.165, 1.54) is 12.8 Å². The molecule has 20 heavy (non-hydrogen) atoms. The molecule has 1 aliphatic rings. The molecule has 0 aromatic carbocycles. The Morgan fingerprint density at radius 1 is 1.40 bits per heavy atom. The normalized spacial score (nSPS) is 25.8. The van der Waals surface area contributed by atoms with Gasteiger partial charge in [0.15, 0.2) is 0 Å². The van der Waals surface area contributed by atoms with Gasteiger partial charge in [-0.1, -0.05) is 27.2 Å². The first-order valence-electron chi connectivity index (χ1n) is 8.03. The van der Waals surface area contributed by atoms with Crippen LogP contribution >= 0.6 is 0 Å². The monoisotopic (exact) mass is 279 g/mol. The molecule has 1 aliphatic heterocycles. The van der Waals surface area contributed by atoms with Crippen LogP contribution in [0.4, 0.5) is 0 Å². The maximum atomic E-state index is 4.44. The third-order valence-electron chi connectivity index (χ3n) is 4.67. The molecule has 0 radical (unpaired) electrons. The predicted octanol–water partition coefficient (Wildman–Crippen LogP) is 1.90. The summed E-state index contributed by atoms with van der Waals surface area (Å²) in [6.45, 7) is 13.0. The fraction of sp³-hybridized carbons (Fsp3) is 0.867. The summed E-state index contributed by atoms with van der Waals surface area (Å²) < 4.78 is 2.01. The number of aromatic nitrogens is 3. The number of hydrogen-bond acceptors (Lipinski definition) is 4.